The van der Waals surface area contributed by atoms with Gasteiger partial charge in [0.2, 0.25) is 0 Å². The number of hydrogen-bond acceptors (Lipinski definition) is 5. The zero-order valence-corrected chi connectivity index (χ0v) is 33.2. The molecule has 0 aliphatic rings. The lowest BCUT2D eigenvalue weighted by atomic mass is 10.0. The second-order valence-corrected chi connectivity index (χ2v) is 14.4. The van der Waals surface area contributed by atoms with Crippen LogP contribution >= 0.6 is 0 Å². The highest BCUT2D eigenvalue weighted by molar-refractivity contribution is 5.70. The minimum Gasteiger partial charge on any atom is -0.462 e. The number of carbonyl (C=O) groups excluding carboxylic acids is 2. The van der Waals surface area contributed by atoms with E-state index in [0.717, 1.165) is 64.2 Å². The summed E-state index contributed by atoms with van der Waals surface area (Å²) in [6.45, 7) is 4.11. The smallest absolute Gasteiger partial charge is 0.306 e. The van der Waals surface area contributed by atoms with Crippen molar-refractivity contribution in [1.82, 2.24) is 0 Å². The van der Waals surface area contributed by atoms with Crippen molar-refractivity contribution >= 4 is 11.9 Å². The highest BCUT2D eigenvalue weighted by atomic mass is 16.6. The lowest BCUT2D eigenvalue weighted by Crippen LogP contribution is -2.28. The molecule has 0 aromatic carbocycles. The van der Waals surface area contributed by atoms with E-state index in [1.165, 1.54) is 128 Å². The monoisotopic (exact) mass is 703 g/mol. The lowest BCUT2D eigenvalue weighted by molar-refractivity contribution is -0.161. The first-order chi connectivity index (χ1) is 24.6. The van der Waals surface area contributed by atoms with Gasteiger partial charge >= 0.3 is 11.9 Å². The first kappa shape index (κ1) is 48.1. The largest absolute Gasteiger partial charge is 0.462 e. The fraction of sp³-hybridized carbons (Fsp3) is 0.822. The molecule has 0 spiro atoms. The molecule has 0 rings (SSSR count). The van der Waals surface area contributed by atoms with Crippen molar-refractivity contribution in [3.63, 3.8) is 0 Å². The first-order valence-corrected chi connectivity index (χ1v) is 21.5. The Balaban J connectivity index is 3.55. The normalized spacial score (nSPS) is 12.5. The van der Waals surface area contributed by atoms with Crippen molar-refractivity contribution < 1.29 is 24.2 Å². The second-order valence-electron chi connectivity index (χ2n) is 14.4. The van der Waals surface area contributed by atoms with Gasteiger partial charge in [0.25, 0.3) is 0 Å². The minimum atomic E-state index is -0.780. The molecular weight excluding hydrogens is 620 g/mol. The van der Waals surface area contributed by atoms with E-state index in [0.29, 0.717) is 12.8 Å². The van der Waals surface area contributed by atoms with Crippen LogP contribution in [0, 0.1) is 0 Å². The van der Waals surface area contributed by atoms with Crippen LogP contribution in [0.2, 0.25) is 0 Å². The van der Waals surface area contributed by atoms with Gasteiger partial charge in [-0.1, -0.05) is 192 Å². The van der Waals surface area contributed by atoms with Gasteiger partial charge in [0.05, 0.1) is 6.61 Å². The Morgan fingerprint density at radius 2 is 0.800 bits per heavy atom. The molecule has 0 aromatic heterocycles. The number of rotatable bonds is 39. The van der Waals surface area contributed by atoms with Crippen LogP contribution in [-0.2, 0) is 19.1 Å². The minimum absolute atomic E-state index is 0.0720. The predicted molar refractivity (Wildman–Crippen MR) is 214 cm³/mol. The Morgan fingerprint density at radius 3 is 1.24 bits per heavy atom. The average Bonchev–Trinajstić information content (AvgIpc) is 3.12. The molecule has 0 amide bonds. The third-order valence-electron chi connectivity index (χ3n) is 9.44. The number of unbranched alkanes of at least 4 members (excludes halogenated alkanes) is 25. The van der Waals surface area contributed by atoms with Crippen molar-refractivity contribution in [2.75, 3.05) is 13.2 Å². The highest BCUT2D eigenvalue weighted by Crippen LogP contribution is 2.15. The molecule has 1 unspecified atom stereocenters. The van der Waals surface area contributed by atoms with Gasteiger partial charge in [0.15, 0.2) is 6.10 Å². The summed E-state index contributed by atoms with van der Waals surface area (Å²) in [5.41, 5.74) is 0. The molecule has 0 radical (unpaired) electrons. The molecule has 5 heteroatoms. The quantitative estimate of drug-likeness (QED) is 0.0392. The third kappa shape index (κ3) is 38.9. The van der Waals surface area contributed by atoms with Gasteiger partial charge in [-0.3, -0.25) is 9.59 Å². The van der Waals surface area contributed by atoms with Gasteiger partial charge in [0, 0.05) is 12.8 Å². The molecule has 0 bridgehead atoms. The zero-order chi connectivity index (χ0) is 36.4. The van der Waals surface area contributed by atoms with E-state index < -0.39 is 6.10 Å². The summed E-state index contributed by atoms with van der Waals surface area (Å²) in [7, 11) is 0. The van der Waals surface area contributed by atoms with Crippen LogP contribution in [0.1, 0.15) is 219 Å². The fourth-order valence-electron chi connectivity index (χ4n) is 6.15. The van der Waals surface area contributed by atoms with E-state index in [1.54, 1.807) is 0 Å². The van der Waals surface area contributed by atoms with Crippen LogP contribution in [-0.4, -0.2) is 36.4 Å². The summed E-state index contributed by atoms with van der Waals surface area (Å²) in [6, 6.07) is 0. The van der Waals surface area contributed by atoms with Crippen molar-refractivity contribution in [1.29, 1.82) is 0 Å². The number of aliphatic hydroxyl groups excluding tert-OH is 1. The average molecular weight is 703 g/mol. The molecule has 0 aromatic rings. The van der Waals surface area contributed by atoms with Crippen LogP contribution < -0.4 is 0 Å². The van der Waals surface area contributed by atoms with E-state index in [1.807, 2.05) is 0 Å². The topological polar surface area (TPSA) is 72.8 Å². The molecule has 1 atom stereocenters. The predicted octanol–water partition coefficient (Wildman–Crippen LogP) is 13.6. The summed E-state index contributed by atoms with van der Waals surface area (Å²) in [5.74, 6) is -0.608. The molecular formula is C45H82O5. The van der Waals surface area contributed by atoms with Gasteiger partial charge in [-0.05, 0) is 51.4 Å². The molecule has 0 saturated heterocycles. The van der Waals surface area contributed by atoms with Crippen molar-refractivity contribution in [2.45, 2.75) is 225 Å². The summed E-state index contributed by atoms with van der Waals surface area (Å²) in [4.78, 5) is 24.3. The molecule has 0 saturated carbocycles. The van der Waals surface area contributed by atoms with E-state index >= 15 is 0 Å². The van der Waals surface area contributed by atoms with E-state index in [4.69, 9.17) is 9.47 Å². The zero-order valence-electron chi connectivity index (χ0n) is 33.2. The fourth-order valence-corrected chi connectivity index (χ4v) is 6.15. The van der Waals surface area contributed by atoms with E-state index in [-0.39, 0.29) is 25.2 Å². The Labute approximate surface area is 310 Å². The summed E-state index contributed by atoms with van der Waals surface area (Å²) in [5, 5.41) is 9.57. The summed E-state index contributed by atoms with van der Waals surface area (Å²) in [6.07, 6.45) is 50.7. The Bertz CT molecular complexity index is 801. The first-order valence-electron chi connectivity index (χ1n) is 21.5. The molecule has 0 aliphatic carbocycles. The number of ether oxygens (including phenoxy) is 2. The van der Waals surface area contributed by atoms with Gasteiger partial charge in [-0.25, -0.2) is 0 Å². The second kappa shape index (κ2) is 41.5. The molecule has 0 fully saturated rings. The van der Waals surface area contributed by atoms with E-state index in [9.17, 15) is 14.7 Å². The summed E-state index contributed by atoms with van der Waals surface area (Å²) < 4.78 is 10.6. The maximum absolute atomic E-state index is 12.2. The standard InChI is InChI=1S/C45H82O5/c1-3-5-7-9-11-13-15-17-19-21-22-24-25-27-29-31-33-35-37-39-44(47)49-42-43(41-46)50-45(48)40-38-36-34-32-30-28-26-23-20-18-16-14-12-10-8-6-4-2/h12,14,18,20,26,28,43,46H,3-11,13,15-17,19,21-25,27,29-42H2,1-2H3. The lowest BCUT2D eigenvalue weighted by Gasteiger charge is -2.15. The molecule has 0 heterocycles. The number of allylic oxidation sites excluding steroid dienone is 6. The van der Waals surface area contributed by atoms with Crippen LogP contribution in [0.5, 0.6) is 0 Å². The number of esters is 2. The molecule has 0 aliphatic heterocycles. The van der Waals surface area contributed by atoms with Gasteiger partial charge in [-0.2, -0.15) is 0 Å². The Morgan fingerprint density at radius 1 is 0.460 bits per heavy atom. The van der Waals surface area contributed by atoms with E-state index in [2.05, 4.69) is 50.3 Å². The van der Waals surface area contributed by atoms with Gasteiger partial charge in [-0.15, -0.1) is 0 Å². The molecule has 5 nitrogen and oxygen atoms in total. The molecule has 292 valence electrons. The maximum atomic E-state index is 12.2. The maximum Gasteiger partial charge on any atom is 0.306 e. The van der Waals surface area contributed by atoms with Crippen molar-refractivity contribution in [3.8, 4) is 0 Å². The van der Waals surface area contributed by atoms with Crippen molar-refractivity contribution in [3.05, 3.63) is 36.5 Å². The third-order valence-corrected chi connectivity index (χ3v) is 9.44. The van der Waals surface area contributed by atoms with Crippen LogP contribution in [0.3, 0.4) is 0 Å². The molecule has 1 N–H and O–H groups in total. The Hall–Kier alpha value is -1.88. The number of hydrogen-bond donors (Lipinski definition) is 1. The van der Waals surface area contributed by atoms with Gasteiger partial charge < -0.3 is 14.6 Å². The highest BCUT2D eigenvalue weighted by Gasteiger charge is 2.16. The molecule has 50 heavy (non-hydrogen) atoms. The van der Waals surface area contributed by atoms with Crippen LogP contribution in [0.15, 0.2) is 36.5 Å². The van der Waals surface area contributed by atoms with Crippen LogP contribution in [0.25, 0.3) is 0 Å². The number of aliphatic hydroxyl groups is 1. The number of carbonyl (C=O) groups is 2. The van der Waals surface area contributed by atoms with Crippen molar-refractivity contribution in [2.24, 2.45) is 0 Å². The Kier molecular flexibility index (Phi) is 40.0. The van der Waals surface area contributed by atoms with Gasteiger partial charge in [0.1, 0.15) is 6.61 Å². The SMILES string of the molecule is CCCCCC=CCC=CCC=CCCCCCCC(=O)OC(CO)COC(=O)CCCCCCCCCCCCCCCCCCCCC. The summed E-state index contributed by atoms with van der Waals surface area (Å²) >= 11 is 0. The van der Waals surface area contributed by atoms with Crippen LogP contribution in [0.4, 0.5) is 0 Å².